The monoisotopic (exact) mass is 200 g/mol. The van der Waals surface area contributed by atoms with E-state index in [0.717, 1.165) is 45.8 Å². The number of ether oxygens (including phenoxy) is 2. The molecular formula is C10H20N2O2. The van der Waals surface area contributed by atoms with Crippen molar-refractivity contribution in [3.8, 4) is 0 Å². The summed E-state index contributed by atoms with van der Waals surface area (Å²) in [6.45, 7) is 6.11. The molecule has 2 aliphatic rings. The number of hydrogen-bond donors (Lipinski definition) is 1. The molecule has 0 bridgehead atoms. The third-order valence-electron chi connectivity index (χ3n) is 3.03. The van der Waals surface area contributed by atoms with E-state index in [9.17, 15) is 0 Å². The van der Waals surface area contributed by atoms with Gasteiger partial charge in [0.1, 0.15) is 0 Å². The summed E-state index contributed by atoms with van der Waals surface area (Å²) >= 11 is 0. The number of methoxy groups -OCH3 is 1. The maximum atomic E-state index is 5.66. The lowest BCUT2D eigenvalue weighted by atomic mass is 10.3. The Balaban J connectivity index is 1.69. The Morgan fingerprint density at radius 3 is 3.14 bits per heavy atom. The predicted molar refractivity (Wildman–Crippen MR) is 54.5 cm³/mol. The summed E-state index contributed by atoms with van der Waals surface area (Å²) in [7, 11) is 1.80. The molecule has 2 rings (SSSR count). The van der Waals surface area contributed by atoms with Crippen LogP contribution in [0.3, 0.4) is 0 Å². The molecule has 0 aromatic carbocycles. The van der Waals surface area contributed by atoms with Gasteiger partial charge in [-0.1, -0.05) is 0 Å². The predicted octanol–water partition coefficient (Wildman–Crippen LogP) is -0.304. The van der Waals surface area contributed by atoms with Gasteiger partial charge in [-0.3, -0.25) is 4.90 Å². The number of hydrogen-bond acceptors (Lipinski definition) is 4. The van der Waals surface area contributed by atoms with E-state index in [0.29, 0.717) is 12.2 Å². The van der Waals surface area contributed by atoms with Gasteiger partial charge in [-0.2, -0.15) is 0 Å². The van der Waals surface area contributed by atoms with Crippen molar-refractivity contribution in [1.29, 1.82) is 0 Å². The number of morpholine rings is 1. The highest BCUT2D eigenvalue weighted by Gasteiger charge is 2.25. The Bertz CT molecular complexity index is 172. The molecule has 2 heterocycles. The Morgan fingerprint density at radius 1 is 1.57 bits per heavy atom. The summed E-state index contributed by atoms with van der Waals surface area (Å²) < 4.78 is 11.0. The second-order valence-corrected chi connectivity index (χ2v) is 4.10. The first kappa shape index (κ1) is 10.4. The number of nitrogens with one attached hydrogen (secondary N) is 1. The normalized spacial score (nSPS) is 34.9. The van der Waals surface area contributed by atoms with Crippen molar-refractivity contribution in [1.82, 2.24) is 10.2 Å². The summed E-state index contributed by atoms with van der Waals surface area (Å²) in [5.74, 6) is 0. The van der Waals surface area contributed by atoms with Crippen molar-refractivity contribution in [3.63, 3.8) is 0 Å². The lowest BCUT2D eigenvalue weighted by Crippen LogP contribution is -2.45. The summed E-state index contributed by atoms with van der Waals surface area (Å²) in [5, 5.41) is 3.35. The van der Waals surface area contributed by atoms with E-state index in [4.69, 9.17) is 9.47 Å². The van der Waals surface area contributed by atoms with Gasteiger partial charge < -0.3 is 14.8 Å². The van der Waals surface area contributed by atoms with E-state index >= 15 is 0 Å². The first-order valence-electron chi connectivity index (χ1n) is 5.46. The zero-order chi connectivity index (χ0) is 9.80. The molecule has 0 aromatic rings. The van der Waals surface area contributed by atoms with Gasteiger partial charge >= 0.3 is 0 Å². The maximum absolute atomic E-state index is 5.66. The van der Waals surface area contributed by atoms with E-state index in [-0.39, 0.29) is 0 Å². The smallest absolute Gasteiger partial charge is 0.0826 e. The average Bonchev–Trinajstić information content (AvgIpc) is 2.67. The second kappa shape index (κ2) is 5.07. The molecule has 2 fully saturated rings. The fourth-order valence-electron chi connectivity index (χ4n) is 2.18. The third-order valence-corrected chi connectivity index (χ3v) is 3.03. The molecule has 4 heteroatoms. The van der Waals surface area contributed by atoms with Crippen LogP contribution in [0, 0.1) is 0 Å². The Morgan fingerprint density at radius 2 is 2.50 bits per heavy atom. The summed E-state index contributed by atoms with van der Waals surface area (Å²) in [4.78, 5) is 2.44. The molecule has 0 radical (unpaired) electrons. The summed E-state index contributed by atoms with van der Waals surface area (Å²) in [6, 6.07) is 0. The average molecular weight is 200 g/mol. The fourth-order valence-corrected chi connectivity index (χ4v) is 2.18. The minimum absolute atomic E-state index is 0.374. The van der Waals surface area contributed by atoms with Crippen molar-refractivity contribution < 1.29 is 9.47 Å². The maximum Gasteiger partial charge on any atom is 0.0826 e. The standard InChI is InChI=1S/C10H20N2O2/c1-13-9-2-4-12(7-9)8-10-6-11-3-5-14-10/h9-11H,2-8H2,1H3. The summed E-state index contributed by atoms with van der Waals surface area (Å²) in [6.07, 6.45) is 1.97. The zero-order valence-corrected chi connectivity index (χ0v) is 8.87. The molecule has 0 spiro atoms. The van der Waals surface area contributed by atoms with Gasteiger partial charge in [-0.25, -0.2) is 0 Å². The van der Waals surface area contributed by atoms with E-state index in [2.05, 4.69) is 10.2 Å². The van der Waals surface area contributed by atoms with Gasteiger partial charge in [-0.05, 0) is 6.42 Å². The van der Waals surface area contributed by atoms with Crippen LogP contribution in [0.5, 0.6) is 0 Å². The first-order chi connectivity index (χ1) is 6.88. The van der Waals surface area contributed by atoms with Gasteiger partial charge in [-0.15, -0.1) is 0 Å². The number of nitrogens with zero attached hydrogens (tertiary/aromatic N) is 1. The van der Waals surface area contributed by atoms with Crippen molar-refractivity contribution in [2.24, 2.45) is 0 Å². The molecule has 4 nitrogen and oxygen atoms in total. The Labute approximate surface area is 85.5 Å². The third kappa shape index (κ3) is 2.67. The van der Waals surface area contributed by atoms with Crippen LogP contribution in [0.15, 0.2) is 0 Å². The van der Waals surface area contributed by atoms with Crippen LogP contribution in [-0.4, -0.2) is 63.5 Å². The molecule has 82 valence electrons. The fraction of sp³-hybridized carbons (Fsp3) is 1.00. The number of likely N-dealkylation sites (tertiary alicyclic amines) is 1. The van der Waals surface area contributed by atoms with Crippen LogP contribution >= 0.6 is 0 Å². The van der Waals surface area contributed by atoms with Crippen molar-refractivity contribution in [2.45, 2.75) is 18.6 Å². The van der Waals surface area contributed by atoms with Crippen molar-refractivity contribution in [2.75, 3.05) is 46.4 Å². The van der Waals surface area contributed by atoms with Crippen molar-refractivity contribution in [3.05, 3.63) is 0 Å². The number of rotatable bonds is 3. The lowest BCUT2D eigenvalue weighted by molar-refractivity contribution is 0.00655. The molecule has 0 aliphatic carbocycles. The van der Waals surface area contributed by atoms with Gasteiger partial charge in [0.25, 0.3) is 0 Å². The van der Waals surface area contributed by atoms with E-state index in [1.807, 2.05) is 0 Å². The minimum Gasteiger partial charge on any atom is -0.380 e. The van der Waals surface area contributed by atoms with Gasteiger partial charge in [0, 0.05) is 39.8 Å². The van der Waals surface area contributed by atoms with Crippen molar-refractivity contribution >= 4 is 0 Å². The minimum atomic E-state index is 0.374. The van der Waals surface area contributed by atoms with Crippen LogP contribution < -0.4 is 5.32 Å². The van der Waals surface area contributed by atoms with Crippen LogP contribution in [-0.2, 0) is 9.47 Å². The van der Waals surface area contributed by atoms with Gasteiger partial charge in [0.2, 0.25) is 0 Å². The highest BCUT2D eigenvalue weighted by molar-refractivity contribution is 4.79. The Hall–Kier alpha value is -0.160. The quantitative estimate of drug-likeness (QED) is 0.678. The molecular weight excluding hydrogens is 180 g/mol. The summed E-state index contributed by atoms with van der Waals surface area (Å²) in [5.41, 5.74) is 0. The molecule has 2 aliphatic heterocycles. The molecule has 2 saturated heterocycles. The lowest BCUT2D eigenvalue weighted by Gasteiger charge is -2.27. The van der Waals surface area contributed by atoms with E-state index < -0.39 is 0 Å². The molecule has 2 atom stereocenters. The zero-order valence-electron chi connectivity index (χ0n) is 8.87. The molecule has 0 saturated carbocycles. The van der Waals surface area contributed by atoms with E-state index in [1.165, 1.54) is 0 Å². The largest absolute Gasteiger partial charge is 0.380 e. The van der Waals surface area contributed by atoms with Crippen LogP contribution in [0.1, 0.15) is 6.42 Å². The highest BCUT2D eigenvalue weighted by Crippen LogP contribution is 2.13. The van der Waals surface area contributed by atoms with Crippen LogP contribution in [0.2, 0.25) is 0 Å². The topological polar surface area (TPSA) is 33.7 Å². The van der Waals surface area contributed by atoms with Crippen LogP contribution in [0.4, 0.5) is 0 Å². The van der Waals surface area contributed by atoms with E-state index in [1.54, 1.807) is 7.11 Å². The molecule has 2 unspecified atom stereocenters. The molecule has 0 amide bonds. The second-order valence-electron chi connectivity index (χ2n) is 4.10. The van der Waals surface area contributed by atoms with Gasteiger partial charge in [0.05, 0.1) is 18.8 Å². The Kier molecular flexibility index (Phi) is 3.75. The SMILES string of the molecule is COC1CCN(CC2CNCCO2)C1. The first-order valence-corrected chi connectivity index (χ1v) is 5.46. The molecule has 1 N–H and O–H groups in total. The van der Waals surface area contributed by atoms with Crippen LogP contribution in [0.25, 0.3) is 0 Å². The highest BCUT2D eigenvalue weighted by atomic mass is 16.5. The molecule has 14 heavy (non-hydrogen) atoms. The molecule has 0 aromatic heterocycles. The van der Waals surface area contributed by atoms with Gasteiger partial charge in [0.15, 0.2) is 0 Å².